The van der Waals surface area contributed by atoms with Crippen molar-refractivity contribution in [2.24, 2.45) is 0 Å². The number of aryl methyl sites for hydroxylation is 1. The predicted molar refractivity (Wildman–Crippen MR) is 85.4 cm³/mol. The number of likely N-dealkylation sites (N-methyl/N-ethyl adjacent to an activating group) is 1. The lowest BCUT2D eigenvalue weighted by atomic mass is 9.88. The smallest absolute Gasteiger partial charge is 0.160 e. The number of hydrogen-bond donors (Lipinski definition) is 2. The molecule has 116 valence electrons. The maximum absolute atomic E-state index is 11.0. The zero-order valence-corrected chi connectivity index (χ0v) is 12.9. The first-order valence-corrected chi connectivity index (χ1v) is 7.45. The molecule has 0 radical (unpaired) electrons. The van der Waals surface area contributed by atoms with Crippen LogP contribution in [0.4, 0.5) is 0 Å². The van der Waals surface area contributed by atoms with E-state index in [1.54, 1.807) is 0 Å². The Labute approximate surface area is 130 Å². The van der Waals surface area contributed by atoms with E-state index in [0.717, 1.165) is 22.6 Å². The fourth-order valence-corrected chi connectivity index (χ4v) is 2.84. The summed E-state index contributed by atoms with van der Waals surface area (Å²) in [4.78, 5) is 0. The van der Waals surface area contributed by atoms with Crippen LogP contribution in [-0.2, 0) is 0 Å². The van der Waals surface area contributed by atoms with Gasteiger partial charge in [-0.1, -0.05) is 36.4 Å². The van der Waals surface area contributed by atoms with Gasteiger partial charge < -0.3 is 19.9 Å². The third-order valence-corrected chi connectivity index (χ3v) is 3.99. The SMILES string of the molecule is CNC[C@]1(O)COc2ccccc2[C@@H]1Oc1ccccc1C. The number of fused-ring (bicyclic) bond motifs is 1. The van der Waals surface area contributed by atoms with Crippen molar-refractivity contribution in [1.29, 1.82) is 0 Å². The summed E-state index contributed by atoms with van der Waals surface area (Å²) in [5.41, 5.74) is 0.791. The van der Waals surface area contributed by atoms with Crippen molar-refractivity contribution in [1.82, 2.24) is 5.32 Å². The van der Waals surface area contributed by atoms with Gasteiger partial charge in [-0.25, -0.2) is 0 Å². The Balaban J connectivity index is 2.01. The van der Waals surface area contributed by atoms with Crippen LogP contribution >= 0.6 is 0 Å². The molecule has 4 nitrogen and oxygen atoms in total. The van der Waals surface area contributed by atoms with Gasteiger partial charge in [0.05, 0.1) is 0 Å². The average Bonchev–Trinajstić information content (AvgIpc) is 2.52. The lowest BCUT2D eigenvalue weighted by Gasteiger charge is -2.40. The Kier molecular flexibility index (Phi) is 4.05. The predicted octanol–water partition coefficient (Wildman–Crippen LogP) is 2.46. The fourth-order valence-electron chi connectivity index (χ4n) is 2.84. The third-order valence-electron chi connectivity index (χ3n) is 3.99. The molecule has 1 aliphatic rings. The number of aliphatic hydroxyl groups is 1. The van der Waals surface area contributed by atoms with E-state index in [0.29, 0.717) is 6.54 Å². The van der Waals surface area contributed by atoms with Crippen molar-refractivity contribution >= 4 is 0 Å². The highest BCUT2D eigenvalue weighted by atomic mass is 16.5. The molecule has 0 spiro atoms. The van der Waals surface area contributed by atoms with Crippen LogP contribution in [0.5, 0.6) is 11.5 Å². The second kappa shape index (κ2) is 5.99. The molecule has 0 aromatic heterocycles. The molecule has 2 aromatic rings. The van der Waals surface area contributed by atoms with Gasteiger partial charge in [-0.2, -0.15) is 0 Å². The van der Waals surface area contributed by atoms with Crippen LogP contribution < -0.4 is 14.8 Å². The minimum absolute atomic E-state index is 0.196. The molecule has 0 amide bonds. The molecule has 3 rings (SSSR count). The van der Waals surface area contributed by atoms with Crippen molar-refractivity contribution in [2.45, 2.75) is 18.6 Å². The van der Waals surface area contributed by atoms with Crippen LogP contribution in [0.1, 0.15) is 17.2 Å². The Morgan fingerprint density at radius 1 is 1.23 bits per heavy atom. The highest BCUT2D eigenvalue weighted by Gasteiger charge is 2.45. The maximum atomic E-state index is 11.0. The van der Waals surface area contributed by atoms with Gasteiger partial charge in [0, 0.05) is 12.1 Å². The first kappa shape index (κ1) is 14.9. The molecule has 2 atom stereocenters. The molecular formula is C18H21NO3. The molecule has 22 heavy (non-hydrogen) atoms. The van der Waals surface area contributed by atoms with E-state index in [4.69, 9.17) is 9.47 Å². The lowest BCUT2D eigenvalue weighted by Crippen LogP contribution is -2.53. The number of ether oxygens (including phenoxy) is 2. The monoisotopic (exact) mass is 299 g/mol. The summed E-state index contributed by atoms with van der Waals surface area (Å²) in [7, 11) is 1.81. The quantitative estimate of drug-likeness (QED) is 0.910. The summed E-state index contributed by atoms with van der Waals surface area (Å²) in [6.45, 7) is 2.58. The standard InChI is InChI=1S/C18H21NO3/c1-13-7-3-5-9-15(13)22-17-14-8-4-6-10-16(14)21-12-18(17,20)11-19-2/h3-10,17,19-20H,11-12H2,1-2H3/t17-,18-/m0/s1. The van der Waals surface area contributed by atoms with Crippen LogP contribution in [0.15, 0.2) is 48.5 Å². The van der Waals surface area contributed by atoms with Crippen LogP contribution in [-0.4, -0.2) is 30.9 Å². The van der Waals surface area contributed by atoms with Crippen molar-refractivity contribution in [3.63, 3.8) is 0 Å². The van der Waals surface area contributed by atoms with Crippen LogP contribution in [0.25, 0.3) is 0 Å². The van der Waals surface area contributed by atoms with Gasteiger partial charge in [-0.15, -0.1) is 0 Å². The van der Waals surface area contributed by atoms with Gasteiger partial charge in [0.15, 0.2) is 11.7 Å². The molecule has 0 bridgehead atoms. The maximum Gasteiger partial charge on any atom is 0.160 e. The Bertz CT molecular complexity index is 658. The van der Waals surface area contributed by atoms with Gasteiger partial charge in [0.1, 0.15) is 18.1 Å². The summed E-state index contributed by atoms with van der Waals surface area (Å²) in [6, 6.07) is 15.5. The summed E-state index contributed by atoms with van der Waals surface area (Å²) in [5, 5.41) is 14.0. The molecule has 2 N–H and O–H groups in total. The first-order chi connectivity index (χ1) is 10.6. The number of hydrogen-bond acceptors (Lipinski definition) is 4. The number of para-hydroxylation sites is 2. The molecule has 0 unspecified atom stereocenters. The largest absolute Gasteiger partial charge is 0.490 e. The summed E-state index contributed by atoms with van der Waals surface area (Å²) < 4.78 is 11.9. The van der Waals surface area contributed by atoms with E-state index < -0.39 is 11.7 Å². The number of benzene rings is 2. The first-order valence-electron chi connectivity index (χ1n) is 7.45. The molecule has 1 aliphatic heterocycles. The zero-order chi connectivity index (χ0) is 15.6. The Morgan fingerprint density at radius 3 is 2.73 bits per heavy atom. The molecule has 0 saturated heterocycles. The summed E-state index contributed by atoms with van der Waals surface area (Å²) in [5.74, 6) is 1.54. The van der Waals surface area contributed by atoms with E-state index in [2.05, 4.69) is 5.32 Å². The molecular weight excluding hydrogens is 278 g/mol. The van der Waals surface area contributed by atoms with Crippen LogP contribution in [0.3, 0.4) is 0 Å². The highest BCUT2D eigenvalue weighted by Crippen LogP contribution is 2.41. The van der Waals surface area contributed by atoms with Gasteiger partial charge >= 0.3 is 0 Å². The van der Waals surface area contributed by atoms with Gasteiger partial charge in [-0.3, -0.25) is 0 Å². The Morgan fingerprint density at radius 2 is 1.95 bits per heavy atom. The number of rotatable bonds is 4. The molecule has 1 heterocycles. The molecule has 4 heteroatoms. The second-order valence-electron chi connectivity index (χ2n) is 5.72. The zero-order valence-electron chi connectivity index (χ0n) is 12.9. The second-order valence-corrected chi connectivity index (χ2v) is 5.72. The van der Waals surface area contributed by atoms with Crippen molar-refractivity contribution in [3.05, 3.63) is 59.7 Å². The van der Waals surface area contributed by atoms with E-state index >= 15 is 0 Å². The molecule has 0 fully saturated rings. The third kappa shape index (κ3) is 2.67. The number of nitrogens with one attached hydrogen (secondary N) is 1. The lowest BCUT2D eigenvalue weighted by molar-refractivity contribution is -0.101. The van der Waals surface area contributed by atoms with Gasteiger partial charge in [0.2, 0.25) is 0 Å². The minimum atomic E-state index is -1.12. The summed E-state index contributed by atoms with van der Waals surface area (Å²) in [6.07, 6.45) is -0.481. The van der Waals surface area contributed by atoms with E-state index in [9.17, 15) is 5.11 Å². The molecule has 2 aromatic carbocycles. The van der Waals surface area contributed by atoms with E-state index in [1.807, 2.05) is 62.5 Å². The van der Waals surface area contributed by atoms with Gasteiger partial charge in [0.25, 0.3) is 0 Å². The Hall–Kier alpha value is -2.04. The van der Waals surface area contributed by atoms with Crippen molar-refractivity contribution in [3.8, 4) is 11.5 Å². The molecule has 0 saturated carbocycles. The van der Waals surface area contributed by atoms with E-state index in [-0.39, 0.29) is 6.61 Å². The average molecular weight is 299 g/mol. The highest BCUT2D eigenvalue weighted by molar-refractivity contribution is 5.41. The van der Waals surface area contributed by atoms with Gasteiger partial charge in [-0.05, 0) is 31.7 Å². The van der Waals surface area contributed by atoms with Crippen LogP contribution in [0, 0.1) is 6.92 Å². The topological polar surface area (TPSA) is 50.7 Å². The molecule has 0 aliphatic carbocycles. The van der Waals surface area contributed by atoms with Crippen molar-refractivity contribution < 1.29 is 14.6 Å². The summed E-state index contributed by atoms with van der Waals surface area (Å²) >= 11 is 0. The minimum Gasteiger partial charge on any atom is -0.490 e. The normalized spacial score (nSPS) is 23.5. The van der Waals surface area contributed by atoms with E-state index in [1.165, 1.54) is 0 Å². The van der Waals surface area contributed by atoms with Crippen LogP contribution in [0.2, 0.25) is 0 Å². The van der Waals surface area contributed by atoms with Crippen molar-refractivity contribution in [2.75, 3.05) is 20.2 Å². The fraction of sp³-hybridized carbons (Fsp3) is 0.333.